The third-order valence-corrected chi connectivity index (χ3v) is 4.72. The SMILES string of the molecule is CC(C)SC1CCCCC1C(C)(C)C. The molecule has 1 fully saturated rings. The lowest BCUT2D eigenvalue weighted by Crippen LogP contribution is -2.33. The monoisotopic (exact) mass is 214 g/mol. The smallest absolute Gasteiger partial charge is 0.00828 e. The van der Waals surface area contributed by atoms with E-state index < -0.39 is 0 Å². The minimum absolute atomic E-state index is 0.507. The third-order valence-electron chi connectivity index (χ3n) is 3.26. The van der Waals surface area contributed by atoms with Gasteiger partial charge in [0.25, 0.3) is 0 Å². The van der Waals surface area contributed by atoms with Gasteiger partial charge in [-0.05, 0) is 29.4 Å². The van der Waals surface area contributed by atoms with Gasteiger partial charge in [-0.15, -0.1) is 0 Å². The summed E-state index contributed by atoms with van der Waals surface area (Å²) in [7, 11) is 0. The topological polar surface area (TPSA) is 0 Å². The van der Waals surface area contributed by atoms with Crippen molar-refractivity contribution in [3.63, 3.8) is 0 Å². The zero-order valence-corrected chi connectivity index (χ0v) is 11.3. The lowest BCUT2D eigenvalue weighted by molar-refractivity contribution is 0.187. The lowest BCUT2D eigenvalue weighted by Gasteiger charge is -2.40. The quantitative estimate of drug-likeness (QED) is 0.640. The number of thioether (sulfide) groups is 1. The van der Waals surface area contributed by atoms with Crippen LogP contribution in [0.25, 0.3) is 0 Å². The Bertz CT molecular complexity index is 167. The zero-order chi connectivity index (χ0) is 10.8. The second-order valence-electron chi connectivity index (χ2n) is 5.98. The van der Waals surface area contributed by atoms with Gasteiger partial charge >= 0.3 is 0 Å². The van der Waals surface area contributed by atoms with E-state index in [1.54, 1.807) is 0 Å². The first-order chi connectivity index (χ1) is 6.41. The highest BCUT2D eigenvalue weighted by molar-refractivity contribution is 8.00. The maximum absolute atomic E-state index is 2.41. The Morgan fingerprint density at radius 2 is 1.64 bits per heavy atom. The summed E-state index contributed by atoms with van der Waals surface area (Å²) in [6, 6.07) is 0. The van der Waals surface area contributed by atoms with Crippen molar-refractivity contribution in [2.24, 2.45) is 11.3 Å². The Morgan fingerprint density at radius 3 is 2.14 bits per heavy atom. The molecule has 0 aromatic rings. The van der Waals surface area contributed by atoms with Gasteiger partial charge in [0.05, 0.1) is 0 Å². The fourth-order valence-electron chi connectivity index (χ4n) is 2.60. The van der Waals surface area contributed by atoms with Gasteiger partial charge in [-0.3, -0.25) is 0 Å². The largest absolute Gasteiger partial charge is 0.155 e. The Labute approximate surface area is 94.2 Å². The van der Waals surface area contributed by atoms with Crippen LogP contribution in [0.2, 0.25) is 0 Å². The highest BCUT2D eigenvalue weighted by Gasteiger charge is 2.34. The summed E-state index contributed by atoms with van der Waals surface area (Å²) in [6.45, 7) is 11.9. The van der Waals surface area contributed by atoms with Crippen molar-refractivity contribution < 1.29 is 0 Å². The zero-order valence-electron chi connectivity index (χ0n) is 10.5. The van der Waals surface area contributed by atoms with E-state index in [0.717, 1.165) is 16.4 Å². The van der Waals surface area contributed by atoms with Gasteiger partial charge in [0.1, 0.15) is 0 Å². The van der Waals surface area contributed by atoms with Crippen LogP contribution in [0.3, 0.4) is 0 Å². The average Bonchev–Trinajstić information content (AvgIpc) is 2.01. The van der Waals surface area contributed by atoms with E-state index in [-0.39, 0.29) is 0 Å². The second-order valence-corrected chi connectivity index (χ2v) is 7.80. The highest BCUT2D eigenvalue weighted by Crippen LogP contribution is 2.44. The van der Waals surface area contributed by atoms with E-state index in [2.05, 4.69) is 46.4 Å². The van der Waals surface area contributed by atoms with Crippen LogP contribution in [0.4, 0.5) is 0 Å². The van der Waals surface area contributed by atoms with E-state index in [1.807, 2.05) is 0 Å². The van der Waals surface area contributed by atoms with Crippen molar-refractivity contribution in [1.82, 2.24) is 0 Å². The maximum atomic E-state index is 2.41. The molecule has 1 aliphatic carbocycles. The molecule has 0 heterocycles. The van der Waals surface area contributed by atoms with Gasteiger partial charge in [-0.25, -0.2) is 0 Å². The maximum Gasteiger partial charge on any atom is 0.00828 e. The first-order valence-corrected chi connectivity index (χ1v) is 7.01. The van der Waals surface area contributed by atoms with Gasteiger partial charge in [0.2, 0.25) is 0 Å². The molecule has 0 spiro atoms. The molecule has 0 radical (unpaired) electrons. The predicted octanol–water partition coefficient (Wildman–Crippen LogP) is 4.73. The van der Waals surface area contributed by atoms with E-state index in [1.165, 1.54) is 25.7 Å². The molecule has 0 saturated heterocycles. The van der Waals surface area contributed by atoms with Crippen LogP contribution in [-0.2, 0) is 0 Å². The molecule has 1 saturated carbocycles. The normalized spacial score (nSPS) is 29.6. The molecule has 0 aromatic carbocycles. The Morgan fingerprint density at radius 1 is 1.07 bits per heavy atom. The van der Waals surface area contributed by atoms with Crippen molar-refractivity contribution in [2.75, 3.05) is 0 Å². The first-order valence-electron chi connectivity index (χ1n) is 6.06. The molecule has 84 valence electrons. The minimum Gasteiger partial charge on any atom is -0.155 e. The molecule has 0 aliphatic heterocycles. The molecule has 1 rings (SSSR count). The lowest BCUT2D eigenvalue weighted by atomic mass is 9.72. The van der Waals surface area contributed by atoms with E-state index in [0.29, 0.717) is 5.41 Å². The summed E-state index contributed by atoms with van der Waals surface area (Å²) in [4.78, 5) is 0. The molecule has 1 heteroatoms. The predicted molar refractivity (Wildman–Crippen MR) is 67.9 cm³/mol. The molecule has 0 bridgehead atoms. The molecule has 0 nitrogen and oxygen atoms in total. The molecule has 2 unspecified atom stereocenters. The molecule has 0 aromatic heterocycles. The number of hydrogen-bond acceptors (Lipinski definition) is 1. The van der Waals surface area contributed by atoms with Crippen molar-refractivity contribution in [3.8, 4) is 0 Å². The standard InChI is InChI=1S/C13H26S/c1-10(2)14-12-9-7-6-8-11(12)13(3,4)5/h10-12H,6-9H2,1-5H3. The van der Waals surface area contributed by atoms with E-state index in [4.69, 9.17) is 0 Å². The van der Waals surface area contributed by atoms with Crippen molar-refractivity contribution >= 4 is 11.8 Å². The fraction of sp³-hybridized carbons (Fsp3) is 1.00. The fourth-order valence-corrected chi connectivity index (χ4v) is 4.34. The summed E-state index contributed by atoms with van der Waals surface area (Å²) in [5, 5.41) is 1.71. The van der Waals surface area contributed by atoms with Crippen molar-refractivity contribution in [3.05, 3.63) is 0 Å². The molecule has 1 aliphatic rings. The molecule has 2 atom stereocenters. The van der Waals surface area contributed by atoms with Crippen LogP contribution < -0.4 is 0 Å². The van der Waals surface area contributed by atoms with Crippen molar-refractivity contribution in [1.29, 1.82) is 0 Å². The minimum atomic E-state index is 0.507. The summed E-state index contributed by atoms with van der Waals surface area (Å²) >= 11 is 2.21. The first kappa shape index (κ1) is 12.4. The van der Waals surface area contributed by atoms with E-state index in [9.17, 15) is 0 Å². The molecular formula is C13H26S. The van der Waals surface area contributed by atoms with Crippen LogP contribution in [0.1, 0.15) is 60.3 Å². The van der Waals surface area contributed by atoms with Gasteiger partial charge < -0.3 is 0 Å². The van der Waals surface area contributed by atoms with Crippen LogP contribution in [-0.4, -0.2) is 10.5 Å². The summed E-state index contributed by atoms with van der Waals surface area (Å²) in [6.07, 6.45) is 5.81. The number of rotatable bonds is 2. The summed E-state index contributed by atoms with van der Waals surface area (Å²) in [5.74, 6) is 0.934. The Balaban J connectivity index is 2.59. The van der Waals surface area contributed by atoms with Gasteiger partial charge in [-0.2, -0.15) is 11.8 Å². The second kappa shape index (κ2) is 4.92. The summed E-state index contributed by atoms with van der Waals surface area (Å²) in [5.41, 5.74) is 0.507. The highest BCUT2D eigenvalue weighted by atomic mass is 32.2. The molecular weight excluding hydrogens is 188 g/mol. The van der Waals surface area contributed by atoms with Gasteiger partial charge in [-0.1, -0.05) is 47.5 Å². The van der Waals surface area contributed by atoms with Gasteiger partial charge in [0.15, 0.2) is 0 Å². The van der Waals surface area contributed by atoms with Crippen LogP contribution >= 0.6 is 11.8 Å². The van der Waals surface area contributed by atoms with Gasteiger partial charge in [0, 0.05) is 5.25 Å². The molecule has 14 heavy (non-hydrogen) atoms. The van der Waals surface area contributed by atoms with Crippen molar-refractivity contribution in [2.45, 2.75) is 70.8 Å². The molecule has 0 amide bonds. The van der Waals surface area contributed by atoms with Crippen LogP contribution in [0, 0.1) is 11.3 Å². The van der Waals surface area contributed by atoms with E-state index >= 15 is 0 Å². The van der Waals surface area contributed by atoms with Crippen LogP contribution in [0.5, 0.6) is 0 Å². The average molecular weight is 214 g/mol. The Hall–Kier alpha value is 0.350. The van der Waals surface area contributed by atoms with Crippen LogP contribution in [0.15, 0.2) is 0 Å². The molecule has 0 N–H and O–H groups in total. The number of hydrogen-bond donors (Lipinski definition) is 0. The Kier molecular flexibility index (Phi) is 4.36. The summed E-state index contributed by atoms with van der Waals surface area (Å²) < 4.78 is 0. The third kappa shape index (κ3) is 3.49.